The summed E-state index contributed by atoms with van der Waals surface area (Å²) < 4.78 is 7.76. The average Bonchev–Trinajstić information content (AvgIpc) is 3.16. The first kappa shape index (κ1) is 14.2. The van der Waals surface area contributed by atoms with Crippen LogP contribution in [-0.4, -0.2) is 37.6 Å². The van der Waals surface area contributed by atoms with Gasteiger partial charge >= 0.3 is 0 Å². The lowest BCUT2D eigenvalue weighted by molar-refractivity contribution is 0.0947. The Hall–Kier alpha value is -1.73. The van der Waals surface area contributed by atoms with Crippen LogP contribution in [0.2, 0.25) is 0 Å². The Bertz CT molecular complexity index is 571. The van der Waals surface area contributed by atoms with Crippen LogP contribution < -0.4 is 5.32 Å². The summed E-state index contributed by atoms with van der Waals surface area (Å²) in [5.74, 6) is 0.942. The van der Waals surface area contributed by atoms with Gasteiger partial charge in [-0.05, 0) is 33.3 Å². The highest BCUT2D eigenvalue weighted by atomic mass is 16.5. The van der Waals surface area contributed by atoms with Crippen molar-refractivity contribution < 1.29 is 4.74 Å². The van der Waals surface area contributed by atoms with Crippen LogP contribution in [0.5, 0.6) is 0 Å². The number of nitrogens with one attached hydrogen (secondary N) is 2. The third-order valence-corrected chi connectivity index (χ3v) is 3.70. The number of ether oxygens (including phenoxy) is 1. The highest BCUT2D eigenvalue weighted by Crippen LogP contribution is 2.27. The van der Waals surface area contributed by atoms with Gasteiger partial charge in [-0.3, -0.25) is 5.10 Å². The van der Waals surface area contributed by atoms with Crippen LogP contribution in [0.4, 0.5) is 0 Å². The molecule has 3 heterocycles. The molecular formula is C14H22N6O. The Morgan fingerprint density at radius 1 is 1.48 bits per heavy atom. The van der Waals surface area contributed by atoms with Crippen LogP contribution in [0.25, 0.3) is 0 Å². The molecule has 7 heteroatoms. The minimum absolute atomic E-state index is 0.0264. The van der Waals surface area contributed by atoms with Crippen molar-refractivity contribution in [2.24, 2.45) is 0 Å². The quantitative estimate of drug-likeness (QED) is 0.889. The summed E-state index contributed by atoms with van der Waals surface area (Å²) in [7, 11) is 0. The molecule has 0 bridgehead atoms. The van der Waals surface area contributed by atoms with Crippen molar-refractivity contribution >= 4 is 0 Å². The van der Waals surface area contributed by atoms with E-state index in [0.29, 0.717) is 6.54 Å². The van der Waals surface area contributed by atoms with E-state index in [2.05, 4.69) is 46.4 Å². The van der Waals surface area contributed by atoms with Gasteiger partial charge in [-0.2, -0.15) is 10.2 Å². The number of aromatic nitrogens is 5. The Balaban J connectivity index is 1.66. The lowest BCUT2D eigenvalue weighted by Gasteiger charge is -2.23. The lowest BCUT2D eigenvalue weighted by Crippen LogP contribution is -2.34. The molecular weight excluding hydrogens is 268 g/mol. The van der Waals surface area contributed by atoms with E-state index in [4.69, 9.17) is 4.74 Å². The van der Waals surface area contributed by atoms with Gasteiger partial charge < -0.3 is 10.1 Å². The second kappa shape index (κ2) is 5.57. The summed E-state index contributed by atoms with van der Waals surface area (Å²) in [5.41, 5.74) is 0.949. The maximum Gasteiger partial charge on any atom is 0.141 e. The predicted octanol–water partition coefficient (Wildman–Crippen LogP) is 1.38. The second-order valence-corrected chi connectivity index (χ2v) is 6.34. The minimum Gasteiger partial charge on any atom is -0.370 e. The molecule has 1 saturated heterocycles. The molecule has 0 amide bonds. The van der Waals surface area contributed by atoms with Crippen LogP contribution in [0.3, 0.4) is 0 Å². The van der Waals surface area contributed by atoms with Gasteiger partial charge in [0.1, 0.15) is 18.3 Å². The maximum absolute atomic E-state index is 5.80. The first-order chi connectivity index (χ1) is 10.1. The second-order valence-electron chi connectivity index (χ2n) is 6.34. The van der Waals surface area contributed by atoms with Gasteiger partial charge in [0, 0.05) is 18.8 Å². The van der Waals surface area contributed by atoms with E-state index in [1.54, 1.807) is 12.5 Å². The largest absolute Gasteiger partial charge is 0.370 e. The number of hydrogen-bond acceptors (Lipinski definition) is 5. The number of aromatic amines is 1. The van der Waals surface area contributed by atoms with Crippen molar-refractivity contribution in [2.75, 3.05) is 6.61 Å². The number of H-pyrrole nitrogens is 1. The molecule has 114 valence electrons. The van der Waals surface area contributed by atoms with E-state index in [-0.39, 0.29) is 17.7 Å². The third-order valence-electron chi connectivity index (χ3n) is 3.70. The maximum atomic E-state index is 5.80. The zero-order chi connectivity index (χ0) is 14.9. The van der Waals surface area contributed by atoms with Crippen LogP contribution in [0, 0.1) is 0 Å². The monoisotopic (exact) mass is 290 g/mol. The Morgan fingerprint density at radius 2 is 2.33 bits per heavy atom. The van der Waals surface area contributed by atoms with Crippen LogP contribution >= 0.6 is 0 Å². The van der Waals surface area contributed by atoms with Gasteiger partial charge in [-0.25, -0.2) is 9.67 Å². The molecule has 1 aliphatic rings. The van der Waals surface area contributed by atoms with Crippen molar-refractivity contribution in [1.29, 1.82) is 0 Å². The molecule has 7 nitrogen and oxygen atoms in total. The van der Waals surface area contributed by atoms with Gasteiger partial charge in [0.2, 0.25) is 0 Å². The highest BCUT2D eigenvalue weighted by molar-refractivity contribution is 5.07. The summed E-state index contributed by atoms with van der Waals surface area (Å²) >= 11 is 0. The molecule has 21 heavy (non-hydrogen) atoms. The average molecular weight is 290 g/mol. The van der Waals surface area contributed by atoms with Crippen molar-refractivity contribution in [3.05, 3.63) is 30.1 Å². The normalized spacial score (nSPS) is 22.8. The molecule has 2 aromatic rings. The van der Waals surface area contributed by atoms with Gasteiger partial charge in [-0.1, -0.05) is 0 Å². The first-order valence-corrected chi connectivity index (χ1v) is 7.29. The molecule has 2 aromatic heterocycles. The van der Waals surface area contributed by atoms with E-state index in [0.717, 1.165) is 24.5 Å². The van der Waals surface area contributed by atoms with Crippen molar-refractivity contribution in [3.63, 3.8) is 0 Å². The molecule has 1 aliphatic heterocycles. The standard InChI is InChI=1S/C14H22N6O/c1-14(2,3)20-12(16-9-18-20)8-15-10-5-7-21-13(10)11-4-6-17-19-11/h4,6,9-10,13,15H,5,7-8H2,1-3H3,(H,17,19)/t10-,13-/m0/s1. The highest BCUT2D eigenvalue weighted by Gasteiger charge is 2.30. The predicted molar refractivity (Wildman–Crippen MR) is 77.5 cm³/mol. The fourth-order valence-corrected chi connectivity index (χ4v) is 2.70. The summed E-state index contributed by atoms with van der Waals surface area (Å²) in [6, 6.07) is 2.22. The van der Waals surface area contributed by atoms with E-state index >= 15 is 0 Å². The van der Waals surface area contributed by atoms with E-state index in [1.165, 1.54) is 0 Å². The Labute approximate surface area is 124 Å². The van der Waals surface area contributed by atoms with Crippen molar-refractivity contribution in [3.8, 4) is 0 Å². The third kappa shape index (κ3) is 2.98. The van der Waals surface area contributed by atoms with Crippen molar-refractivity contribution in [2.45, 2.75) is 51.4 Å². The molecule has 1 fully saturated rings. The summed E-state index contributed by atoms with van der Waals surface area (Å²) in [6.45, 7) is 7.80. The zero-order valence-electron chi connectivity index (χ0n) is 12.7. The number of hydrogen-bond donors (Lipinski definition) is 2. The molecule has 2 atom stereocenters. The zero-order valence-corrected chi connectivity index (χ0v) is 12.7. The number of rotatable bonds is 4. The van der Waals surface area contributed by atoms with E-state index in [1.807, 2.05) is 10.7 Å². The topological polar surface area (TPSA) is 80.7 Å². The molecule has 0 saturated carbocycles. The molecule has 0 aromatic carbocycles. The number of nitrogens with zero attached hydrogens (tertiary/aromatic N) is 4. The molecule has 3 rings (SSSR count). The summed E-state index contributed by atoms with van der Waals surface area (Å²) in [4.78, 5) is 4.36. The van der Waals surface area contributed by atoms with Gasteiger partial charge in [0.15, 0.2) is 0 Å². The van der Waals surface area contributed by atoms with Gasteiger partial charge in [0.25, 0.3) is 0 Å². The summed E-state index contributed by atoms with van der Waals surface area (Å²) in [5, 5.41) is 14.8. The Kier molecular flexibility index (Phi) is 3.77. The van der Waals surface area contributed by atoms with Crippen LogP contribution in [0.1, 0.15) is 44.8 Å². The van der Waals surface area contributed by atoms with Gasteiger partial charge in [0.05, 0.1) is 17.8 Å². The fraction of sp³-hybridized carbons (Fsp3) is 0.643. The first-order valence-electron chi connectivity index (χ1n) is 7.29. The summed E-state index contributed by atoms with van der Waals surface area (Å²) in [6.07, 6.45) is 4.37. The molecule has 0 aliphatic carbocycles. The van der Waals surface area contributed by atoms with Crippen LogP contribution in [-0.2, 0) is 16.8 Å². The van der Waals surface area contributed by atoms with Gasteiger partial charge in [-0.15, -0.1) is 0 Å². The lowest BCUT2D eigenvalue weighted by atomic mass is 10.1. The SMILES string of the molecule is CC(C)(C)n1ncnc1CN[C@H]1CCO[C@@H]1c1ccn[nH]1. The van der Waals surface area contributed by atoms with E-state index < -0.39 is 0 Å². The van der Waals surface area contributed by atoms with Crippen LogP contribution in [0.15, 0.2) is 18.6 Å². The fourth-order valence-electron chi connectivity index (χ4n) is 2.70. The van der Waals surface area contributed by atoms with Crippen molar-refractivity contribution in [1.82, 2.24) is 30.3 Å². The smallest absolute Gasteiger partial charge is 0.141 e. The minimum atomic E-state index is -0.0670. The van der Waals surface area contributed by atoms with E-state index in [9.17, 15) is 0 Å². The molecule has 0 unspecified atom stereocenters. The molecule has 0 spiro atoms. The molecule has 0 radical (unpaired) electrons. The molecule has 2 N–H and O–H groups in total. The Morgan fingerprint density at radius 3 is 3.05 bits per heavy atom.